The fraction of sp³-hybridized carbons (Fsp3) is 0.600. The van der Waals surface area contributed by atoms with Gasteiger partial charge in [0.2, 0.25) is 5.91 Å². The van der Waals surface area contributed by atoms with Gasteiger partial charge < -0.3 is 10.6 Å². The van der Waals surface area contributed by atoms with E-state index < -0.39 is 0 Å². The average molecular weight is 258 g/mol. The van der Waals surface area contributed by atoms with E-state index in [0.717, 1.165) is 17.8 Å². The van der Waals surface area contributed by atoms with Gasteiger partial charge in [0, 0.05) is 18.5 Å². The number of nitrogens with two attached hydrogens (primary N) is 1. The largest absolute Gasteiger partial charge is 0.329 e. The molecule has 2 atom stereocenters. The average Bonchev–Trinajstić information content (AvgIpc) is 2.90. The van der Waals surface area contributed by atoms with Gasteiger partial charge in [-0.1, -0.05) is 11.6 Å². The number of hydrogen-bond acceptors (Lipinski definition) is 4. The minimum Gasteiger partial charge on any atom is -0.329 e. The second-order valence-corrected chi connectivity index (χ2v) is 6.04. The zero-order valence-electron chi connectivity index (χ0n) is 8.60. The summed E-state index contributed by atoms with van der Waals surface area (Å²) in [4.78, 5) is 18.0. The van der Waals surface area contributed by atoms with Crippen LogP contribution in [-0.4, -0.2) is 27.9 Å². The third-order valence-corrected chi connectivity index (χ3v) is 4.28. The Kier molecular flexibility index (Phi) is 2.42. The van der Waals surface area contributed by atoms with Gasteiger partial charge in [0.05, 0.1) is 12.2 Å². The molecule has 1 aromatic heterocycles. The molecular formula is C10H12ClN3OS. The molecule has 6 heteroatoms. The summed E-state index contributed by atoms with van der Waals surface area (Å²) in [7, 11) is 0. The fourth-order valence-electron chi connectivity index (χ4n) is 2.27. The summed E-state index contributed by atoms with van der Waals surface area (Å²) in [5.74, 6) is 0.159. The molecular weight excluding hydrogens is 246 g/mol. The Morgan fingerprint density at radius 1 is 1.56 bits per heavy atom. The highest BCUT2D eigenvalue weighted by molar-refractivity contribution is 7.15. The zero-order chi connectivity index (χ0) is 11.3. The maximum Gasteiger partial charge on any atom is 0.225 e. The van der Waals surface area contributed by atoms with Crippen molar-refractivity contribution in [1.29, 1.82) is 0 Å². The molecule has 1 aromatic rings. The van der Waals surface area contributed by atoms with Crippen molar-refractivity contribution in [2.45, 2.75) is 37.4 Å². The number of likely N-dealkylation sites (tertiary alicyclic amines) is 1. The highest BCUT2D eigenvalue weighted by atomic mass is 35.5. The van der Waals surface area contributed by atoms with E-state index in [-0.39, 0.29) is 18.0 Å². The van der Waals surface area contributed by atoms with Crippen LogP contribution in [0.3, 0.4) is 0 Å². The van der Waals surface area contributed by atoms with Crippen LogP contribution in [0.5, 0.6) is 0 Å². The molecule has 4 nitrogen and oxygen atoms in total. The monoisotopic (exact) mass is 257 g/mol. The molecule has 2 aliphatic rings. The number of thiazole rings is 1. The Balaban J connectivity index is 1.93. The van der Waals surface area contributed by atoms with Crippen LogP contribution >= 0.6 is 22.9 Å². The van der Waals surface area contributed by atoms with Crippen LogP contribution in [0.4, 0.5) is 0 Å². The first-order valence-electron chi connectivity index (χ1n) is 5.35. The van der Waals surface area contributed by atoms with E-state index in [0.29, 0.717) is 16.8 Å². The van der Waals surface area contributed by atoms with Crippen LogP contribution in [0.2, 0.25) is 4.34 Å². The molecule has 0 radical (unpaired) electrons. The Hall–Kier alpha value is -0.650. The first-order valence-corrected chi connectivity index (χ1v) is 6.54. The highest BCUT2D eigenvalue weighted by Gasteiger charge is 2.47. The molecule has 1 saturated heterocycles. The SMILES string of the molecule is NC1CC(=O)N(C2CC2)C1c1ncc(Cl)s1. The topological polar surface area (TPSA) is 59.2 Å². The van der Waals surface area contributed by atoms with Crippen LogP contribution < -0.4 is 5.73 Å². The van der Waals surface area contributed by atoms with Crippen molar-refractivity contribution in [2.75, 3.05) is 0 Å². The molecule has 1 amide bonds. The molecule has 2 N–H and O–H groups in total. The molecule has 0 bridgehead atoms. The van der Waals surface area contributed by atoms with Crippen molar-refractivity contribution >= 4 is 28.8 Å². The standard InChI is InChI=1S/C10H12ClN3OS/c11-7-4-13-10(16-7)9-6(12)3-8(15)14(9)5-1-2-5/h4-6,9H,1-3,12H2. The molecule has 2 heterocycles. The van der Waals surface area contributed by atoms with E-state index in [9.17, 15) is 4.79 Å². The lowest BCUT2D eigenvalue weighted by Crippen LogP contribution is -2.34. The van der Waals surface area contributed by atoms with E-state index in [1.165, 1.54) is 11.3 Å². The van der Waals surface area contributed by atoms with E-state index >= 15 is 0 Å². The molecule has 1 aliphatic carbocycles. The summed E-state index contributed by atoms with van der Waals surface area (Å²) in [6.07, 6.45) is 4.24. The maximum atomic E-state index is 11.8. The summed E-state index contributed by atoms with van der Waals surface area (Å²) >= 11 is 7.30. The molecule has 2 unspecified atom stereocenters. The Morgan fingerprint density at radius 2 is 2.31 bits per heavy atom. The summed E-state index contributed by atoms with van der Waals surface area (Å²) in [6, 6.07) is 0.182. The van der Waals surface area contributed by atoms with Gasteiger partial charge in [0.1, 0.15) is 9.34 Å². The first-order chi connectivity index (χ1) is 7.66. The van der Waals surface area contributed by atoms with Gasteiger partial charge in [0.15, 0.2) is 0 Å². The first kappa shape index (κ1) is 10.5. The van der Waals surface area contributed by atoms with E-state index in [4.69, 9.17) is 17.3 Å². The molecule has 1 saturated carbocycles. The van der Waals surface area contributed by atoms with Crippen LogP contribution in [0.25, 0.3) is 0 Å². The second-order valence-electron chi connectivity index (χ2n) is 4.35. The van der Waals surface area contributed by atoms with Crippen molar-refractivity contribution < 1.29 is 4.79 Å². The van der Waals surface area contributed by atoms with E-state index in [2.05, 4.69) is 4.98 Å². The van der Waals surface area contributed by atoms with Crippen molar-refractivity contribution in [3.63, 3.8) is 0 Å². The number of halogens is 1. The van der Waals surface area contributed by atoms with Gasteiger partial charge in [-0.25, -0.2) is 4.98 Å². The number of rotatable bonds is 2. The Morgan fingerprint density at radius 3 is 2.88 bits per heavy atom. The second kappa shape index (κ2) is 3.68. The number of carbonyl (C=O) groups is 1. The maximum absolute atomic E-state index is 11.8. The molecule has 0 aromatic carbocycles. The van der Waals surface area contributed by atoms with Gasteiger partial charge in [0.25, 0.3) is 0 Å². The zero-order valence-corrected chi connectivity index (χ0v) is 10.2. The van der Waals surface area contributed by atoms with Crippen LogP contribution in [0, 0.1) is 0 Å². The van der Waals surface area contributed by atoms with Crippen molar-refractivity contribution in [1.82, 2.24) is 9.88 Å². The van der Waals surface area contributed by atoms with Crippen LogP contribution in [0.15, 0.2) is 6.20 Å². The highest BCUT2D eigenvalue weighted by Crippen LogP contribution is 2.42. The van der Waals surface area contributed by atoms with Crippen LogP contribution in [0.1, 0.15) is 30.3 Å². The van der Waals surface area contributed by atoms with Crippen molar-refractivity contribution in [2.24, 2.45) is 5.73 Å². The normalized spacial score (nSPS) is 30.1. The smallest absolute Gasteiger partial charge is 0.225 e. The van der Waals surface area contributed by atoms with E-state index in [1.807, 2.05) is 4.90 Å². The lowest BCUT2D eigenvalue weighted by Gasteiger charge is -2.24. The van der Waals surface area contributed by atoms with Gasteiger partial charge >= 0.3 is 0 Å². The van der Waals surface area contributed by atoms with Crippen molar-refractivity contribution in [3.05, 3.63) is 15.5 Å². The summed E-state index contributed by atoms with van der Waals surface area (Å²) < 4.78 is 0.650. The molecule has 2 fully saturated rings. The molecule has 86 valence electrons. The van der Waals surface area contributed by atoms with Gasteiger partial charge in [-0.05, 0) is 12.8 Å². The summed E-state index contributed by atoms with van der Waals surface area (Å²) in [5.41, 5.74) is 6.03. The van der Waals surface area contributed by atoms with Crippen LogP contribution in [-0.2, 0) is 4.79 Å². The Labute approximate surface area is 102 Å². The summed E-state index contributed by atoms with van der Waals surface area (Å²) in [5, 5.41) is 0.871. The third kappa shape index (κ3) is 1.63. The summed E-state index contributed by atoms with van der Waals surface area (Å²) in [6.45, 7) is 0. The van der Waals surface area contributed by atoms with E-state index in [1.54, 1.807) is 6.20 Å². The molecule has 3 rings (SSSR count). The Bertz CT molecular complexity index is 431. The molecule has 1 aliphatic heterocycles. The quantitative estimate of drug-likeness (QED) is 0.875. The minimum absolute atomic E-state index is 0.0579. The number of nitrogens with zero attached hydrogens (tertiary/aromatic N) is 2. The minimum atomic E-state index is -0.143. The predicted molar refractivity (Wildman–Crippen MR) is 62.3 cm³/mol. The molecule has 16 heavy (non-hydrogen) atoms. The predicted octanol–water partition coefficient (Wildman–Crippen LogP) is 1.56. The molecule has 0 spiro atoms. The lowest BCUT2D eigenvalue weighted by molar-refractivity contribution is -0.129. The van der Waals surface area contributed by atoms with Gasteiger partial charge in [-0.15, -0.1) is 11.3 Å². The number of carbonyl (C=O) groups excluding carboxylic acids is 1. The number of amides is 1. The number of aromatic nitrogens is 1. The van der Waals surface area contributed by atoms with Gasteiger partial charge in [-0.2, -0.15) is 0 Å². The van der Waals surface area contributed by atoms with Crippen molar-refractivity contribution in [3.8, 4) is 0 Å². The fourth-order valence-corrected chi connectivity index (χ4v) is 3.38. The van der Waals surface area contributed by atoms with Gasteiger partial charge in [-0.3, -0.25) is 4.79 Å². The third-order valence-electron chi connectivity index (χ3n) is 3.09. The lowest BCUT2D eigenvalue weighted by atomic mass is 10.1. The number of hydrogen-bond donors (Lipinski definition) is 1.